The summed E-state index contributed by atoms with van der Waals surface area (Å²) in [6.45, 7) is 6.79. The van der Waals surface area contributed by atoms with E-state index in [0.29, 0.717) is 5.56 Å². The highest BCUT2D eigenvalue weighted by Gasteiger charge is 2.19. The molecule has 3 aromatic rings. The fourth-order valence-electron chi connectivity index (χ4n) is 3.95. The summed E-state index contributed by atoms with van der Waals surface area (Å²) in [4.78, 5) is 43.5. The molecule has 0 unspecified atom stereocenters. The Morgan fingerprint density at radius 2 is 1.67 bits per heavy atom. The van der Waals surface area contributed by atoms with Crippen LogP contribution in [0.15, 0.2) is 41.3 Å². The molecule has 1 aromatic heterocycles. The molecule has 43 heavy (non-hydrogen) atoms. The molecule has 0 aliphatic heterocycles. The van der Waals surface area contributed by atoms with Gasteiger partial charge in [-0.15, -0.1) is 24.8 Å². The van der Waals surface area contributed by atoms with Crippen LogP contribution in [0.5, 0.6) is 11.5 Å². The number of aromatic hydroxyl groups is 2. The predicted octanol–water partition coefficient (Wildman–Crippen LogP) is 2.70. The summed E-state index contributed by atoms with van der Waals surface area (Å²) in [7, 11) is 0. The van der Waals surface area contributed by atoms with Gasteiger partial charge in [0.05, 0.1) is 24.0 Å². The van der Waals surface area contributed by atoms with Gasteiger partial charge in [0.25, 0.3) is 11.5 Å². The summed E-state index contributed by atoms with van der Waals surface area (Å²) in [6, 6.07) is 6.90. The first kappa shape index (κ1) is 36.5. The molecule has 1 heterocycles. The van der Waals surface area contributed by atoms with Crippen LogP contribution in [0.1, 0.15) is 55.6 Å². The molecule has 2 aromatic carbocycles. The van der Waals surface area contributed by atoms with E-state index in [9.17, 15) is 24.6 Å². The number of phenols is 2. The van der Waals surface area contributed by atoms with Crippen LogP contribution in [0.2, 0.25) is 0 Å². The van der Waals surface area contributed by atoms with Crippen molar-refractivity contribution in [3.05, 3.63) is 63.6 Å². The number of amides is 2. The van der Waals surface area contributed by atoms with E-state index in [1.165, 1.54) is 29.0 Å². The van der Waals surface area contributed by atoms with Crippen LogP contribution in [0, 0.1) is 5.41 Å². The van der Waals surface area contributed by atoms with Gasteiger partial charge in [0, 0.05) is 34.5 Å². The van der Waals surface area contributed by atoms with E-state index >= 15 is 0 Å². The van der Waals surface area contributed by atoms with E-state index in [0.717, 1.165) is 6.42 Å². The number of hydrogen-bond acceptors (Lipinski definition) is 9. The van der Waals surface area contributed by atoms with E-state index in [1.807, 2.05) is 27.7 Å². The molecule has 13 nitrogen and oxygen atoms in total. The predicted molar refractivity (Wildman–Crippen MR) is 171 cm³/mol. The minimum atomic E-state index is -0.608. The summed E-state index contributed by atoms with van der Waals surface area (Å²) in [6.07, 6.45) is 2.16. The third-order valence-corrected chi connectivity index (χ3v) is 6.26. The van der Waals surface area contributed by atoms with Crippen molar-refractivity contribution >= 4 is 54.0 Å². The maximum Gasteiger partial charge on any atom is 0.294 e. The number of nitrogens with one attached hydrogen (secondary N) is 4. The first-order valence-electron chi connectivity index (χ1n) is 13.0. The van der Waals surface area contributed by atoms with Gasteiger partial charge < -0.3 is 37.6 Å². The van der Waals surface area contributed by atoms with Gasteiger partial charge in [0.1, 0.15) is 23.9 Å². The summed E-state index contributed by atoms with van der Waals surface area (Å²) >= 11 is 0. The van der Waals surface area contributed by atoms with Gasteiger partial charge in [-0.2, -0.15) is 0 Å². The maximum absolute atomic E-state index is 13.4. The molecule has 15 heteroatoms. The summed E-state index contributed by atoms with van der Waals surface area (Å²) in [5, 5.41) is 36.4. The van der Waals surface area contributed by atoms with E-state index in [4.69, 9.17) is 16.9 Å². The van der Waals surface area contributed by atoms with Crippen molar-refractivity contribution in [1.82, 2.24) is 20.2 Å². The third-order valence-electron chi connectivity index (χ3n) is 6.26. The van der Waals surface area contributed by atoms with Gasteiger partial charge in [0.15, 0.2) is 5.82 Å². The fraction of sp³-hybridized carbons (Fsp3) is 0.321. The van der Waals surface area contributed by atoms with Crippen LogP contribution in [0.4, 0.5) is 11.5 Å². The number of aromatic nitrogens is 2. The van der Waals surface area contributed by atoms with Crippen LogP contribution in [-0.2, 0) is 17.9 Å². The number of nitrogen functional groups attached to an aromatic ring is 2. The van der Waals surface area contributed by atoms with Crippen LogP contribution in [0.3, 0.4) is 0 Å². The molecule has 0 fully saturated rings. The zero-order valence-electron chi connectivity index (χ0n) is 24.2. The summed E-state index contributed by atoms with van der Waals surface area (Å²) in [5.41, 5.74) is 12.3. The molecule has 0 aliphatic carbocycles. The molecule has 3 rings (SSSR count). The van der Waals surface area contributed by atoms with E-state index in [-0.39, 0.29) is 101 Å². The molecule has 0 aliphatic rings. The number of nitrogens with zero attached hydrogens (tertiary/aromatic N) is 2. The van der Waals surface area contributed by atoms with Crippen molar-refractivity contribution in [2.75, 3.05) is 11.1 Å². The minimum absolute atomic E-state index is 0. The second-order valence-corrected chi connectivity index (χ2v) is 9.99. The lowest BCUT2D eigenvalue weighted by molar-refractivity contribution is -0.121. The molecule has 0 radical (unpaired) electrons. The molecule has 0 saturated carbocycles. The molecule has 0 bridgehead atoms. The number of hydrogen-bond donors (Lipinski definition) is 8. The molecule has 0 saturated heterocycles. The molecule has 10 N–H and O–H groups in total. The van der Waals surface area contributed by atoms with Gasteiger partial charge in [-0.25, -0.2) is 4.98 Å². The first-order chi connectivity index (χ1) is 19.3. The highest BCUT2D eigenvalue weighted by atomic mass is 35.5. The second-order valence-electron chi connectivity index (χ2n) is 9.99. The van der Waals surface area contributed by atoms with Gasteiger partial charge in [-0.3, -0.25) is 24.4 Å². The van der Waals surface area contributed by atoms with Gasteiger partial charge in [-0.05, 0) is 57.5 Å². The summed E-state index contributed by atoms with van der Waals surface area (Å²) in [5.74, 6) is -1.97. The SMILES string of the molecule is CC[C@@H](C)NC(=O)c1cc(N)cc(-c2cnc(NC(C)C)c(=O)n2CC(=O)NCc2c(O)cc(C(=N)N)cc2O)c1.Cl.Cl. The number of amidine groups is 1. The van der Waals surface area contributed by atoms with Crippen LogP contribution in [0.25, 0.3) is 11.3 Å². The smallest absolute Gasteiger partial charge is 0.294 e. The van der Waals surface area contributed by atoms with Crippen LogP contribution >= 0.6 is 24.8 Å². The van der Waals surface area contributed by atoms with Crippen molar-refractivity contribution in [2.24, 2.45) is 5.73 Å². The van der Waals surface area contributed by atoms with Gasteiger partial charge in [0.2, 0.25) is 5.91 Å². The number of carbonyl (C=O) groups is 2. The summed E-state index contributed by atoms with van der Waals surface area (Å²) < 4.78 is 1.21. The lowest BCUT2D eigenvalue weighted by Crippen LogP contribution is -2.35. The van der Waals surface area contributed by atoms with Crippen molar-refractivity contribution in [3.8, 4) is 22.8 Å². The highest BCUT2D eigenvalue weighted by Crippen LogP contribution is 2.29. The van der Waals surface area contributed by atoms with Crippen molar-refractivity contribution in [1.29, 1.82) is 5.41 Å². The number of carbonyl (C=O) groups excluding carboxylic acids is 2. The Labute approximate surface area is 261 Å². The standard InChI is InChI=1S/C28H36N8O5.2ClH/c1-5-15(4)35-27(40)18-6-16(7-19(29)8-18)21-12-33-26(34-14(2)3)28(41)36(21)13-24(39)32-11-20-22(37)9-17(25(30)31)10-23(20)38;;/h6-10,12,14-15,37-38H,5,11,13,29H2,1-4H3,(H3,30,31)(H,32,39)(H,33,34)(H,35,40);2*1H/t15-;;/m1../s1. The molecular weight excluding hydrogens is 599 g/mol. The number of nitrogens with two attached hydrogens (primary N) is 2. The van der Waals surface area contributed by atoms with Crippen molar-refractivity contribution < 1.29 is 19.8 Å². The number of halogens is 2. The molecule has 2 amide bonds. The lowest BCUT2D eigenvalue weighted by atomic mass is 10.1. The Balaban J connectivity index is 0.00000462. The lowest BCUT2D eigenvalue weighted by Gasteiger charge is -2.18. The topological polar surface area (TPSA) is 221 Å². The monoisotopic (exact) mass is 636 g/mol. The molecule has 0 spiro atoms. The van der Waals surface area contributed by atoms with Crippen molar-refractivity contribution in [3.63, 3.8) is 0 Å². The Morgan fingerprint density at radius 3 is 2.23 bits per heavy atom. The fourth-order valence-corrected chi connectivity index (χ4v) is 3.95. The Morgan fingerprint density at radius 1 is 1.05 bits per heavy atom. The Hall–Kier alpha value is -4.49. The number of rotatable bonds is 11. The Kier molecular flexibility index (Phi) is 13.3. The van der Waals surface area contributed by atoms with E-state index in [1.54, 1.807) is 12.1 Å². The number of anilines is 2. The minimum Gasteiger partial charge on any atom is -0.507 e. The van der Waals surface area contributed by atoms with Crippen LogP contribution in [-0.4, -0.2) is 49.5 Å². The normalized spacial score (nSPS) is 11.1. The van der Waals surface area contributed by atoms with Crippen molar-refractivity contribution in [2.45, 2.75) is 59.3 Å². The zero-order chi connectivity index (χ0) is 30.4. The zero-order valence-corrected chi connectivity index (χ0v) is 25.9. The maximum atomic E-state index is 13.4. The quantitative estimate of drug-likeness (QED) is 0.0878. The average Bonchev–Trinajstić information content (AvgIpc) is 2.89. The molecule has 1 atom stereocenters. The van der Waals surface area contributed by atoms with Gasteiger partial charge in [-0.1, -0.05) is 6.92 Å². The number of benzene rings is 2. The van der Waals surface area contributed by atoms with E-state index in [2.05, 4.69) is 20.9 Å². The highest BCUT2D eigenvalue weighted by molar-refractivity contribution is 5.97. The number of phenolic OH excluding ortho intramolecular Hbond substituents is 2. The first-order valence-corrected chi connectivity index (χ1v) is 13.0. The Bertz CT molecular complexity index is 1520. The molecular formula is C28H38Cl2N8O5. The third kappa shape index (κ3) is 9.25. The van der Waals surface area contributed by atoms with Crippen LogP contribution < -0.4 is 33.0 Å². The largest absolute Gasteiger partial charge is 0.507 e. The second kappa shape index (κ2) is 15.7. The average molecular weight is 638 g/mol. The van der Waals surface area contributed by atoms with E-state index < -0.39 is 18.0 Å². The molecule has 234 valence electrons. The van der Waals surface area contributed by atoms with Gasteiger partial charge >= 0.3 is 0 Å².